The summed E-state index contributed by atoms with van der Waals surface area (Å²) >= 11 is 5.87. The van der Waals surface area contributed by atoms with Gasteiger partial charge in [-0.1, -0.05) is 37.6 Å². The number of nitrogens with zero attached hydrogens (tertiary/aromatic N) is 3. The molecular formula is C21H22ClN5O2. The molecule has 0 spiro atoms. The first-order valence-corrected chi connectivity index (χ1v) is 9.64. The number of hydrogen-bond acceptors (Lipinski definition) is 4. The number of anilines is 1. The Labute approximate surface area is 174 Å². The number of hydrogen-bond donors (Lipinski definition) is 2. The molecule has 3 rings (SSSR count). The van der Waals surface area contributed by atoms with Gasteiger partial charge in [0.25, 0.3) is 5.91 Å². The molecule has 0 aliphatic heterocycles. The summed E-state index contributed by atoms with van der Waals surface area (Å²) in [6, 6.07) is 11.0. The van der Waals surface area contributed by atoms with Crippen LogP contribution in [0.3, 0.4) is 0 Å². The number of pyridine rings is 1. The molecule has 7 nitrogen and oxygen atoms in total. The molecule has 0 radical (unpaired) electrons. The zero-order valence-electron chi connectivity index (χ0n) is 16.2. The van der Waals surface area contributed by atoms with Crippen molar-refractivity contribution in [3.05, 3.63) is 71.4 Å². The minimum absolute atomic E-state index is 0.0697. The molecule has 1 aromatic carbocycles. The van der Waals surface area contributed by atoms with Gasteiger partial charge in [-0.2, -0.15) is 0 Å². The molecule has 0 saturated heterocycles. The van der Waals surface area contributed by atoms with E-state index in [0.717, 1.165) is 5.56 Å². The lowest BCUT2D eigenvalue weighted by atomic mass is 10.1. The molecule has 0 saturated carbocycles. The molecule has 0 atom stereocenters. The van der Waals surface area contributed by atoms with E-state index in [1.54, 1.807) is 29.1 Å². The van der Waals surface area contributed by atoms with Crippen molar-refractivity contribution in [2.75, 3.05) is 11.9 Å². The SMILES string of the molecule is CC(C)C(=O)Nc1ccc(-n2cnc(C(=O)NCCc3ccc(Cl)cc3)c2)nc1. The van der Waals surface area contributed by atoms with Crippen LogP contribution in [0, 0.1) is 5.92 Å². The molecule has 2 aromatic heterocycles. The summed E-state index contributed by atoms with van der Waals surface area (Å²) in [5.41, 5.74) is 2.02. The zero-order chi connectivity index (χ0) is 20.8. The van der Waals surface area contributed by atoms with Crippen LogP contribution in [0.25, 0.3) is 5.82 Å². The van der Waals surface area contributed by atoms with E-state index in [1.807, 2.05) is 38.1 Å². The number of rotatable bonds is 7. The fourth-order valence-corrected chi connectivity index (χ4v) is 2.65. The van der Waals surface area contributed by atoms with E-state index in [4.69, 9.17) is 11.6 Å². The van der Waals surface area contributed by atoms with Crippen LogP contribution in [0.4, 0.5) is 5.69 Å². The Kier molecular flexibility index (Phi) is 6.61. The van der Waals surface area contributed by atoms with Gasteiger partial charge in [0.1, 0.15) is 17.8 Å². The maximum absolute atomic E-state index is 12.3. The zero-order valence-corrected chi connectivity index (χ0v) is 17.0. The third kappa shape index (κ3) is 5.65. The molecule has 3 aromatic rings. The van der Waals surface area contributed by atoms with Crippen LogP contribution in [0.2, 0.25) is 5.02 Å². The van der Waals surface area contributed by atoms with Crippen molar-refractivity contribution in [1.29, 1.82) is 0 Å². The first-order chi connectivity index (χ1) is 13.9. The molecule has 29 heavy (non-hydrogen) atoms. The van der Waals surface area contributed by atoms with Gasteiger partial charge in [0.15, 0.2) is 0 Å². The van der Waals surface area contributed by atoms with Gasteiger partial charge in [0.05, 0.1) is 11.9 Å². The topological polar surface area (TPSA) is 88.9 Å². The molecule has 2 heterocycles. The number of benzene rings is 1. The maximum Gasteiger partial charge on any atom is 0.271 e. The lowest BCUT2D eigenvalue weighted by Crippen LogP contribution is -2.26. The van der Waals surface area contributed by atoms with E-state index < -0.39 is 0 Å². The highest BCUT2D eigenvalue weighted by Crippen LogP contribution is 2.12. The van der Waals surface area contributed by atoms with Gasteiger partial charge in [-0.3, -0.25) is 14.2 Å². The Hall–Kier alpha value is -3.19. The van der Waals surface area contributed by atoms with E-state index in [9.17, 15) is 9.59 Å². The number of nitrogens with one attached hydrogen (secondary N) is 2. The van der Waals surface area contributed by atoms with E-state index >= 15 is 0 Å². The molecule has 0 bridgehead atoms. The minimum atomic E-state index is -0.251. The highest BCUT2D eigenvalue weighted by molar-refractivity contribution is 6.30. The monoisotopic (exact) mass is 411 g/mol. The molecule has 2 N–H and O–H groups in total. The summed E-state index contributed by atoms with van der Waals surface area (Å²) in [4.78, 5) is 32.5. The third-order valence-corrected chi connectivity index (χ3v) is 4.48. The van der Waals surface area contributed by atoms with Crippen molar-refractivity contribution in [2.45, 2.75) is 20.3 Å². The highest BCUT2D eigenvalue weighted by Gasteiger charge is 2.11. The fraction of sp³-hybridized carbons (Fsp3) is 0.238. The van der Waals surface area contributed by atoms with Crippen molar-refractivity contribution in [3.8, 4) is 5.82 Å². The predicted molar refractivity (Wildman–Crippen MR) is 112 cm³/mol. The van der Waals surface area contributed by atoms with E-state index in [0.29, 0.717) is 35.2 Å². The largest absolute Gasteiger partial charge is 0.350 e. The average molecular weight is 412 g/mol. The van der Waals surface area contributed by atoms with Gasteiger partial charge in [-0.25, -0.2) is 9.97 Å². The molecule has 0 aliphatic carbocycles. The smallest absolute Gasteiger partial charge is 0.271 e. The molecular weight excluding hydrogens is 390 g/mol. The normalized spacial score (nSPS) is 10.8. The first-order valence-electron chi connectivity index (χ1n) is 9.26. The van der Waals surface area contributed by atoms with E-state index in [2.05, 4.69) is 20.6 Å². The Morgan fingerprint density at radius 1 is 1.10 bits per heavy atom. The first kappa shape index (κ1) is 20.5. The number of halogens is 1. The Bertz CT molecular complexity index is 981. The van der Waals surface area contributed by atoms with Crippen molar-refractivity contribution in [1.82, 2.24) is 19.9 Å². The number of amides is 2. The average Bonchev–Trinajstić information content (AvgIpc) is 3.20. The van der Waals surface area contributed by atoms with Crippen LogP contribution >= 0.6 is 11.6 Å². The summed E-state index contributed by atoms with van der Waals surface area (Å²) < 4.78 is 1.65. The molecule has 2 amide bonds. The van der Waals surface area contributed by atoms with E-state index in [-0.39, 0.29) is 17.7 Å². The third-order valence-electron chi connectivity index (χ3n) is 4.23. The summed E-state index contributed by atoms with van der Waals surface area (Å²) in [6.45, 7) is 4.14. The quantitative estimate of drug-likeness (QED) is 0.622. The van der Waals surface area contributed by atoms with Crippen LogP contribution in [0.15, 0.2) is 55.1 Å². The lowest BCUT2D eigenvalue weighted by molar-refractivity contribution is -0.118. The van der Waals surface area contributed by atoms with Crippen molar-refractivity contribution in [3.63, 3.8) is 0 Å². The number of aromatic nitrogens is 3. The minimum Gasteiger partial charge on any atom is -0.350 e. The van der Waals surface area contributed by atoms with Crippen LogP contribution in [-0.4, -0.2) is 32.9 Å². The molecule has 0 fully saturated rings. The predicted octanol–water partition coefficient (Wildman–Crippen LogP) is 3.49. The second kappa shape index (κ2) is 9.34. The maximum atomic E-state index is 12.3. The number of carbonyl (C=O) groups is 2. The molecule has 0 unspecified atom stereocenters. The highest BCUT2D eigenvalue weighted by atomic mass is 35.5. The number of imidazole rings is 1. The Balaban J connectivity index is 1.56. The van der Waals surface area contributed by atoms with Gasteiger partial charge < -0.3 is 10.6 Å². The lowest BCUT2D eigenvalue weighted by Gasteiger charge is -2.08. The fourth-order valence-electron chi connectivity index (χ4n) is 2.53. The second-order valence-corrected chi connectivity index (χ2v) is 7.28. The van der Waals surface area contributed by atoms with Crippen molar-refractivity contribution >= 4 is 29.1 Å². The molecule has 150 valence electrons. The number of carbonyl (C=O) groups excluding carboxylic acids is 2. The standard InChI is InChI=1S/C21H22ClN5O2/c1-14(2)20(28)26-17-7-8-19(24-11-17)27-12-18(25-13-27)21(29)23-10-9-15-3-5-16(22)6-4-15/h3-8,11-14H,9-10H2,1-2H3,(H,23,29)(H,26,28). The van der Waals surface area contributed by atoms with Crippen LogP contribution in [0.5, 0.6) is 0 Å². The van der Waals surface area contributed by atoms with Crippen LogP contribution in [-0.2, 0) is 11.2 Å². The summed E-state index contributed by atoms with van der Waals surface area (Å²) in [5.74, 6) is 0.169. The second-order valence-electron chi connectivity index (χ2n) is 6.85. The van der Waals surface area contributed by atoms with Gasteiger partial charge in [-0.05, 0) is 36.2 Å². The summed E-state index contributed by atoms with van der Waals surface area (Å²) in [6.07, 6.45) is 5.42. The van der Waals surface area contributed by atoms with Gasteiger partial charge in [-0.15, -0.1) is 0 Å². The van der Waals surface area contributed by atoms with Gasteiger partial charge in [0, 0.05) is 23.7 Å². The van der Waals surface area contributed by atoms with Crippen molar-refractivity contribution in [2.24, 2.45) is 5.92 Å². The Morgan fingerprint density at radius 2 is 1.86 bits per heavy atom. The molecule has 0 aliphatic rings. The summed E-state index contributed by atoms with van der Waals surface area (Å²) in [5, 5.41) is 6.33. The molecule has 8 heteroatoms. The van der Waals surface area contributed by atoms with Crippen LogP contribution < -0.4 is 10.6 Å². The Morgan fingerprint density at radius 3 is 2.52 bits per heavy atom. The summed E-state index contributed by atoms with van der Waals surface area (Å²) in [7, 11) is 0. The van der Waals surface area contributed by atoms with Gasteiger partial charge in [0.2, 0.25) is 5.91 Å². The van der Waals surface area contributed by atoms with Crippen LogP contribution in [0.1, 0.15) is 29.9 Å². The van der Waals surface area contributed by atoms with E-state index in [1.165, 1.54) is 6.33 Å². The van der Waals surface area contributed by atoms with Crippen molar-refractivity contribution < 1.29 is 9.59 Å². The van der Waals surface area contributed by atoms with Gasteiger partial charge >= 0.3 is 0 Å².